The molecule has 0 aliphatic heterocycles. The molecule has 0 atom stereocenters. The summed E-state index contributed by atoms with van der Waals surface area (Å²) in [6.45, 7) is 0.0418. The van der Waals surface area contributed by atoms with Crippen molar-refractivity contribution in [3.05, 3.63) is 47.5 Å². The number of methoxy groups -OCH3 is 1. The zero-order valence-corrected chi connectivity index (χ0v) is 15.1. The Morgan fingerprint density at radius 3 is 2.56 bits per heavy atom. The number of esters is 1. The first-order chi connectivity index (χ1) is 12.0. The van der Waals surface area contributed by atoms with Gasteiger partial charge in [-0.2, -0.15) is 0 Å². The zero-order valence-electron chi connectivity index (χ0n) is 14.3. The van der Waals surface area contributed by atoms with E-state index in [1.54, 1.807) is 10.6 Å². The molecule has 0 saturated heterocycles. The van der Waals surface area contributed by atoms with Gasteiger partial charge in [0.15, 0.2) is 0 Å². The second-order valence-corrected chi connectivity index (χ2v) is 6.71. The van der Waals surface area contributed by atoms with E-state index in [1.165, 1.54) is 18.4 Å². The van der Waals surface area contributed by atoms with Crippen molar-refractivity contribution in [3.8, 4) is 0 Å². The summed E-state index contributed by atoms with van der Waals surface area (Å²) in [5.74, 6) is -0.655. The van der Waals surface area contributed by atoms with Gasteiger partial charge in [0.25, 0.3) is 0 Å². The van der Waals surface area contributed by atoms with Crippen LogP contribution in [0.25, 0.3) is 10.2 Å². The van der Waals surface area contributed by atoms with Gasteiger partial charge in [-0.15, -0.1) is 11.3 Å². The van der Waals surface area contributed by atoms with Gasteiger partial charge >= 0.3 is 5.97 Å². The van der Waals surface area contributed by atoms with Gasteiger partial charge in [0, 0.05) is 25.5 Å². The summed E-state index contributed by atoms with van der Waals surface area (Å²) in [5.41, 5.74) is 2.99. The third-order valence-corrected chi connectivity index (χ3v) is 4.74. The maximum Gasteiger partial charge on any atom is 0.354 e. The second kappa shape index (κ2) is 6.98. The van der Waals surface area contributed by atoms with E-state index in [4.69, 9.17) is 4.74 Å². The molecule has 6 nitrogen and oxygen atoms in total. The van der Waals surface area contributed by atoms with E-state index in [2.05, 4.69) is 5.32 Å². The summed E-state index contributed by atoms with van der Waals surface area (Å²) in [7, 11) is 5.25. The van der Waals surface area contributed by atoms with Gasteiger partial charge in [0.05, 0.1) is 17.3 Å². The highest BCUT2D eigenvalue weighted by Crippen LogP contribution is 2.26. The van der Waals surface area contributed by atoms with E-state index in [9.17, 15) is 9.59 Å². The number of ether oxygens (including phenoxy) is 1. The van der Waals surface area contributed by atoms with Gasteiger partial charge in [-0.1, -0.05) is 0 Å². The molecule has 3 rings (SSSR count). The number of amides is 1. The molecule has 0 bridgehead atoms. The molecule has 0 spiro atoms. The minimum absolute atomic E-state index is 0.0418. The smallest absolute Gasteiger partial charge is 0.354 e. The summed E-state index contributed by atoms with van der Waals surface area (Å²) in [4.78, 5) is 26.4. The lowest BCUT2D eigenvalue weighted by Crippen LogP contribution is -2.21. The first-order valence-corrected chi connectivity index (χ1v) is 8.60. The quantitative estimate of drug-likeness (QED) is 0.712. The van der Waals surface area contributed by atoms with Crippen LogP contribution in [0.3, 0.4) is 0 Å². The minimum atomic E-state index is -0.452. The van der Waals surface area contributed by atoms with Crippen LogP contribution in [0.1, 0.15) is 10.5 Å². The van der Waals surface area contributed by atoms with E-state index in [-0.39, 0.29) is 12.5 Å². The zero-order chi connectivity index (χ0) is 18.0. The average molecular weight is 357 g/mol. The molecular weight excluding hydrogens is 338 g/mol. The molecule has 2 heterocycles. The van der Waals surface area contributed by atoms with Crippen LogP contribution in [0.4, 0.5) is 11.4 Å². The van der Waals surface area contributed by atoms with E-state index in [0.29, 0.717) is 11.4 Å². The number of anilines is 2. The molecule has 0 fully saturated rings. The third-order valence-electron chi connectivity index (χ3n) is 3.89. The number of hydrogen-bond donors (Lipinski definition) is 1. The first kappa shape index (κ1) is 17.0. The lowest BCUT2D eigenvalue weighted by molar-refractivity contribution is -0.116. The Labute approximate surface area is 149 Å². The fourth-order valence-corrected chi connectivity index (χ4v) is 3.43. The van der Waals surface area contributed by atoms with Crippen LogP contribution in [0.5, 0.6) is 0 Å². The molecule has 3 aromatic rings. The maximum absolute atomic E-state index is 12.4. The average Bonchev–Trinajstić information content (AvgIpc) is 3.17. The Balaban J connectivity index is 1.79. The standard InChI is InChI=1S/C18H19N3O3S/c1-20(2)13-6-4-12(5-7-13)19-17(22)11-21-14-8-9-25-16(14)10-15(21)18(23)24-3/h4-10H,11H2,1-3H3,(H,19,22). The molecule has 0 radical (unpaired) electrons. The summed E-state index contributed by atoms with van der Waals surface area (Å²) >= 11 is 1.52. The predicted molar refractivity (Wildman–Crippen MR) is 101 cm³/mol. The van der Waals surface area contributed by atoms with Crippen LogP contribution in [0.15, 0.2) is 41.8 Å². The van der Waals surface area contributed by atoms with E-state index in [0.717, 1.165) is 15.9 Å². The summed E-state index contributed by atoms with van der Waals surface area (Å²) in [5, 5.41) is 4.79. The number of nitrogens with zero attached hydrogens (tertiary/aromatic N) is 2. The molecule has 25 heavy (non-hydrogen) atoms. The van der Waals surface area contributed by atoms with Crippen LogP contribution in [-0.2, 0) is 16.1 Å². The molecule has 2 aromatic heterocycles. The number of hydrogen-bond acceptors (Lipinski definition) is 5. The number of nitrogens with one attached hydrogen (secondary N) is 1. The van der Waals surface area contributed by atoms with Gasteiger partial charge in [-0.25, -0.2) is 4.79 Å². The van der Waals surface area contributed by atoms with Crippen molar-refractivity contribution in [2.75, 3.05) is 31.4 Å². The van der Waals surface area contributed by atoms with E-state index in [1.807, 2.05) is 54.7 Å². The van der Waals surface area contributed by atoms with Crippen molar-refractivity contribution in [2.24, 2.45) is 0 Å². The van der Waals surface area contributed by atoms with Crippen LogP contribution < -0.4 is 10.2 Å². The Morgan fingerprint density at radius 1 is 1.20 bits per heavy atom. The Hall–Kier alpha value is -2.80. The fraction of sp³-hybridized carbons (Fsp3) is 0.222. The summed E-state index contributed by atoms with van der Waals surface area (Å²) < 4.78 is 7.45. The molecular formula is C18H19N3O3S. The normalized spacial score (nSPS) is 10.7. The van der Waals surface area contributed by atoms with Crippen LogP contribution in [0.2, 0.25) is 0 Å². The monoisotopic (exact) mass is 357 g/mol. The molecule has 0 aliphatic carbocycles. The predicted octanol–water partition coefficient (Wildman–Crippen LogP) is 3.19. The van der Waals surface area contributed by atoms with Crippen molar-refractivity contribution in [1.29, 1.82) is 0 Å². The van der Waals surface area contributed by atoms with Crippen molar-refractivity contribution >= 4 is 44.8 Å². The Kier molecular flexibility index (Phi) is 4.76. The van der Waals surface area contributed by atoms with Crippen LogP contribution >= 0.6 is 11.3 Å². The maximum atomic E-state index is 12.4. The number of carbonyl (C=O) groups is 2. The van der Waals surface area contributed by atoms with Crippen molar-refractivity contribution in [3.63, 3.8) is 0 Å². The number of benzene rings is 1. The highest BCUT2D eigenvalue weighted by molar-refractivity contribution is 7.17. The molecule has 1 aromatic carbocycles. The van der Waals surface area contributed by atoms with Crippen LogP contribution in [0, 0.1) is 0 Å². The van der Waals surface area contributed by atoms with E-state index < -0.39 is 5.97 Å². The SMILES string of the molecule is COC(=O)c1cc2sccc2n1CC(=O)Nc1ccc(N(C)C)cc1. The summed E-state index contributed by atoms with van der Waals surface area (Å²) in [6, 6.07) is 11.2. The van der Waals surface area contributed by atoms with Crippen molar-refractivity contribution in [1.82, 2.24) is 4.57 Å². The topological polar surface area (TPSA) is 63.6 Å². The number of aromatic nitrogens is 1. The number of fused-ring (bicyclic) bond motifs is 1. The molecule has 0 unspecified atom stereocenters. The Morgan fingerprint density at radius 2 is 1.92 bits per heavy atom. The fourth-order valence-electron chi connectivity index (χ4n) is 2.61. The van der Waals surface area contributed by atoms with Gasteiger partial charge in [0.1, 0.15) is 12.2 Å². The lowest BCUT2D eigenvalue weighted by Gasteiger charge is -2.13. The molecule has 1 amide bonds. The molecule has 130 valence electrons. The van der Waals surface area contributed by atoms with E-state index >= 15 is 0 Å². The molecule has 0 saturated carbocycles. The lowest BCUT2D eigenvalue weighted by atomic mass is 10.2. The van der Waals surface area contributed by atoms with Gasteiger partial charge in [-0.05, 0) is 41.8 Å². The van der Waals surface area contributed by atoms with Gasteiger partial charge in [0.2, 0.25) is 5.91 Å². The number of thiophene rings is 1. The highest BCUT2D eigenvalue weighted by atomic mass is 32.1. The summed E-state index contributed by atoms with van der Waals surface area (Å²) in [6.07, 6.45) is 0. The molecule has 0 aliphatic rings. The molecule has 1 N–H and O–H groups in total. The number of carbonyl (C=O) groups excluding carboxylic acids is 2. The number of rotatable bonds is 5. The largest absolute Gasteiger partial charge is 0.464 e. The molecule has 7 heteroatoms. The van der Waals surface area contributed by atoms with Crippen molar-refractivity contribution in [2.45, 2.75) is 6.54 Å². The first-order valence-electron chi connectivity index (χ1n) is 7.72. The minimum Gasteiger partial charge on any atom is -0.464 e. The van der Waals surface area contributed by atoms with Gasteiger partial charge in [-0.3, -0.25) is 4.79 Å². The van der Waals surface area contributed by atoms with Gasteiger partial charge < -0.3 is 19.5 Å². The highest BCUT2D eigenvalue weighted by Gasteiger charge is 2.18. The second-order valence-electron chi connectivity index (χ2n) is 5.77. The third kappa shape index (κ3) is 3.51. The Bertz CT molecular complexity index is 909. The van der Waals surface area contributed by atoms with Crippen LogP contribution in [-0.4, -0.2) is 37.6 Å². The van der Waals surface area contributed by atoms with Crippen molar-refractivity contribution < 1.29 is 14.3 Å².